The smallest absolute Gasteiger partial charge is 0.147 e. The Morgan fingerprint density at radius 1 is 1.47 bits per heavy atom. The van der Waals surface area contributed by atoms with Gasteiger partial charge in [-0.2, -0.15) is 0 Å². The molecule has 0 aliphatic carbocycles. The predicted molar refractivity (Wildman–Crippen MR) is 56.5 cm³/mol. The highest BCUT2D eigenvalue weighted by molar-refractivity contribution is 4.98. The van der Waals surface area contributed by atoms with Gasteiger partial charge >= 0.3 is 0 Å². The summed E-state index contributed by atoms with van der Waals surface area (Å²) in [5.74, 6) is 2.17. The summed E-state index contributed by atoms with van der Waals surface area (Å²) >= 11 is 0. The quantitative estimate of drug-likeness (QED) is 0.712. The molecular weight excluding hydrogens is 192 g/mol. The fourth-order valence-corrected chi connectivity index (χ4v) is 1.81. The maximum Gasteiger partial charge on any atom is 0.147 e. The van der Waals surface area contributed by atoms with Gasteiger partial charge in [-0.05, 0) is 13.3 Å². The summed E-state index contributed by atoms with van der Waals surface area (Å²) in [5.41, 5.74) is 0. The molecule has 1 aliphatic rings. The molecule has 1 aromatic heterocycles. The molecule has 84 valence electrons. The first kappa shape index (κ1) is 10.6. The summed E-state index contributed by atoms with van der Waals surface area (Å²) < 4.78 is 7.53. The molecule has 0 radical (unpaired) electrons. The average molecular weight is 210 g/mol. The lowest BCUT2D eigenvalue weighted by Gasteiger charge is -2.15. The van der Waals surface area contributed by atoms with Crippen molar-refractivity contribution >= 4 is 0 Å². The van der Waals surface area contributed by atoms with E-state index < -0.39 is 0 Å². The van der Waals surface area contributed by atoms with E-state index in [1.165, 1.54) is 0 Å². The molecule has 2 heterocycles. The second-order valence-corrected chi connectivity index (χ2v) is 3.66. The first-order valence-corrected chi connectivity index (χ1v) is 5.61. The van der Waals surface area contributed by atoms with E-state index in [1.54, 1.807) is 0 Å². The Morgan fingerprint density at radius 2 is 2.40 bits per heavy atom. The van der Waals surface area contributed by atoms with E-state index in [1.807, 2.05) is 6.92 Å². The van der Waals surface area contributed by atoms with E-state index in [4.69, 9.17) is 4.74 Å². The summed E-state index contributed by atoms with van der Waals surface area (Å²) in [7, 11) is 0. The highest BCUT2D eigenvalue weighted by Crippen LogP contribution is 2.07. The van der Waals surface area contributed by atoms with Crippen molar-refractivity contribution in [1.82, 2.24) is 20.1 Å². The third kappa shape index (κ3) is 2.54. The number of aromatic nitrogens is 3. The van der Waals surface area contributed by atoms with Gasteiger partial charge in [0.05, 0.1) is 6.54 Å². The van der Waals surface area contributed by atoms with Gasteiger partial charge < -0.3 is 14.6 Å². The fourth-order valence-electron chi connectivity index (χ4n) is 1.81. The Balaban J connectivity index is 1.88. The summed E-state index contributed by atoms with van der Waals surface area (Å²) in [6.07, 6.45) is 1.99. The molecule has 0 amide bonds. The molecular formula is C10H18N4O. The molecule has 5 nitrogen and oxygen atoms in total. The standard InChI is InChI=1S/C10H18N4O/c1-2-15-7-3-4-9-12-13-10-8-11-5-6-14(9)10/h11H,2-8H2,1H3. The minimum Gasteiger partial charge on any atom is -0.382 e. The van der Waals surface area contributed by atoms with E-state index >= 15 is 0 Å². The Kier molecular flexibility index (Phi) is 3.69. The Bertz CT molecular complexity index is 310. The molecule has 0 aromatic carbocycles. The number of aryl methyl sites for hydroxylation is 1. The number of hydrogen-bond acceptors (Lipinski definition) is 4. The van der Waals surface area contributed by atoms with Crippen LogP contribution in [-0.2, 0) is 24.2 Å². The zero-order chi connectivity index (χ0) is 10.5. The fraction of sp³-hybridized carbons (Fsp3) is 0.800. The van der Waals surface area contributed by atoms with Gasteiger partial charge in [0.25, 0.3) is 0 Å². The molecule has 2 rings (SSSR count). The van der Waals surface area contributed by atoms with Crippen LogP contribution in [0.25, 0.3) is 0 Å². The van der Waals surface area contributed by atoms with Gasteiger partial charge in [0, 0.05) is 32.7 Å². The molecule has 0 saturated carbocycles. The Labute approximate surface area is 89.8 Å². The summed E-state index contributed by atoms with van der Waals surface area (Å²) in [5, 5.41) is 11.7. The van der Waals surface area contributed by atoms with Crippen LogP contribution in [-0.4, -0.2) is 34.5 Å². The second-order valence-electron chi connectivity index (χ2n) is 3.66. The van der Waals surface area contributed by atoms with Crippen LogP contribution in [0.3, 0.4) is 0 Å². The van der Waals surface area contributed by atoms with Crippen molar-refractivity contribution in [2.45, 2.75) is 32.9 Å². The van der Waals surface area contributed by atoms with Crippen molar-refractivity contribution in [1.29, 1.82) is 0 Å². The highest BCUT2D eigenvalue weighted by atomic mass is 16.5. The van der Waals surface area contributed by atoms with Crippen molar-refractivity contribution in [3.8, 4) is 0 Å². The Hall–Kier alpha value is -0.940. The molecule has 0 spiro atoms. The molecule has 0 saturated heterocycles. The van der Waals surface area contributed by atoms with Gasteiger partial charge in [0.1, 0.15) is 11.6 Å². The van der Waals surface area contributed by atoms with Crippen molar-refractivity contribution in [2.24, 2.45) is 0 Å². The van der Waals surface area contributed by atoms with E-state index in [0.29, 0.717) is 0 Å². The summed E-state index contributed by atoms with van der Waals surface area (Å²) in [6.45, 7) is 6.48. The third-order valence-corrected chi connectivity index (χ3v) is 2.59. The molecule has 15 heavy (non-hydrogen) atoms. The average Bonchev–Trinajstić information content (AvgIpc) is 2.68. The Morgan fingerprint density at radius 3 is 3.27 bits per heavy atom. The van der Waals surface area contributed by atoms with Crippen LogP contribution < -0.4 is 5.32 Å². The van der Waals surface area contributed by atoms with Crippen LogP contribution in [0.5, 0.6) is 0 Å². The predicted octanol–water partition coefficient (Wildman–Crippen LogP) is 0.350. The number of nitrogens with one attached hydrogen (secondary N) is 1. The lowest BCUT2D eigenvalue weighted by molar-refractivity contribution is 0.144. The highest BCUT2D eigenvalue weighted by Gasteiger charge is 2.14. The number of ether oxygens (including phenoxy) is 1. The van der Waals surface area contributed by atoms with Crippen LogP contribution in [0.4, 0.5) is 0 Å². The summed E-state index contributed by atoms with van der Waals surface area (Å²) in [6, 6.07) is 0. The van der Waals surface area contributed by atoms with E-state index in [0.717, 1.165) is 57.3 Å². The van der Waals surface area contributed by atoms with Gasteiger partial charge in [0.2, 0.25) is 0 Å². The van der Waals surface area contributed by atoms with Gasteiger partial charge in [-0.15, -0.1) is 10.2 Å². The first-order chi connectivity index (χ1) is 7.42. The lowest BCUT2D eigenvalue weighted by atomic mass is 10.3. The molecule has 0 bridgehead atoms. The number of rotatable bonds is 5. The second kappa shape index (κ2) is 5.23. The van der Waals surface area contributed by atoms with Gasteiger partial charge in [-0.3, -0.25) is 0 Å². The van der Waals surface area contributed by atoms with Gasteiger partial charge in [0.15, 0.2) is 0 Å². The molecule has 0 atom stereocenters. The molecule has 0 unspecified atom stereocenters. The normalized spacial score (nSPS) is 15.3. The van der Waals surface area contributed by atoms with Crippen molar-refractivity contribution in [3.63, 3.8) is 0 Å². The SMILES string of the molecule is CCOCCCc1nnc2n1CCNC2. The van der Waals surface area contributed by atoms with E-state index in [-0.39, 0.29) is 0 Å². The molecule has 1 aliphatic heterocycles. The molecule has 5 heteroatoms. The number of fused-ring (bicyclic) bond motifs is 1. The van der Waals surface area contributed by atoms with Gasteiger partial charge in [-0.25, -0.2) is 0 Å². The van der Waals surface area contributed by atoms with E-state index in [2.05, 4.69) is 20.1 Å². The monoisotopic (exact) mass is 210 g/mol. The van der Waals surface area contributed by atoms with Crippen molar-refractivity contribution < 1.29 is 4.74 Å². The molecule has 1 aromatic rings. The van der Waals surface area contributed by atoms with Crippen molar-refractivity contribution in [2.75, 3.05) is 19.8 Å². The summed E-state index contributed by atoms with van der Waals surface area (Å²) in [4.78, 5) is 0. The maximum atomic E-state index is 5.31. The zero-order valence-corrected chi connectivity index (χ0v) is 9.20. The van der Waals surface area contributed by atoms with Crippen LogP contribution in [0.15, 0.2) is 0 Å². The number of nitrogens with zero attached hydrogens (tertiary/aromatic N) is 3. The topological polar surface area (TPSA) is 52.0 Å². The van der Waals surface area contributed by atoms with Crippen LogP contribution in [0, 0.1) is 0 Å². The van der Waals surface area contributed by atoms with Crippen LogP contribution in [0.2, 0.25) is 0 Å². The zero-order valence-electron chi connectivity index (χ0n) is 9.20. The molecule has 0 fully saturated rings. The third-order valence-electron chi connectivity index (χ3n) is 2.59. The lowest BCUT2D eigenvalue weighted by Crippen LogP contribution is -2.29. The van der Waals surface area contributed by atoms with Crippen LogP contribution >= 0.6 is 0 Å². The minimum atomic E-state index is 0.794. The molecule has 1 N–H and O–H groups in total. The van der Waals surface area contributed by atoms with Gasteiger partial charge in [-0.1, -0.05) is 0 Å². The number of hydrogen-bond donors (Lipinski definition) is 1. The maximum absolute atomic E-state index is 5.31. The first-order valence-electron chi connectivity index (χ1n) is 5.61. The van der Waals surface area contributed by atoms with E-state index in [9.17, 15) is 0 Å². The van der Waals surface area contributed by atoms with Crippen molar-refractivity contribution in [3.05, 3.63) is 11.6 Å². The minimum absolute atomic E-state index is 0.794. The van der Waals surface area contributed by atoms with Crippen LogP contribution in [0.1, 0.15) is 25.0 Å². The largest absolute Gasteiger partial charge is 0.382 e.